The van der Waals surface area contributed by atoms with E-state index in [0.717, 1.165) is 30.7 Å². The third kappa shape index (κ3) is 3.67. The third-order valence-electron chi connectivity index (χ3n) is 3.58. The molecular weight excluding hydrogens is 291 g/mol. The molecule has 2 aromatic rings. The first-order chi connectivity index (χ1) is 10.1. The molecule has 0 aliphatic heterocycles. The second-order valence-corrected chi connectivity index (χ2v) is 6.01. The number of alkyl halides is 1. The van der Waals surface area contributed by atoms with Crippen LogP contribution < -0.4 is 4.74 Å². The van der Waals surface area contributed by atoms with E-state index in [2.05, 4.69) is 23.4 Å². The molecule has 5 heteroatoms. The molecule has 0 spiro atoms. The highest BCUT2D eigenvalue weighted by Crippen LogP contribution is 2.26. The van der Waals surface area contributed by atoms with Gasteiger partial charge in [0.1, 0.15) is 5.82 Å². The molecule has 0 saturated carbocycles. The van der Waals surface area contributed by atoms with Gasteiger partial charge in [0.25, 0.3) is 0 Å². The van der Waals surface area contributed by atoms with E-state index in [4.69, 9.17) is 16.3 Å². The van der Waals surface area contributed by atoms with Crippen LogP contribution in [0.5, 0.6) is 5.75 Å². The van der Waals surface area contributed by atoms with Crippen molar-refractivity contribution in [3.05, 3.63) is 23.8 Å². The number of nitrogens with zero attached hydrogens (tertiary/aromatic N) is 2. The fourth-order valence-electron chi connectivity index (χ4n) is 2.52. The summed E-state index contributed by atoms with van der Waals surface area (Å²) in [4.78, 5) is 4.52. The Balaban J connectivity index is 2.39. The van der Waals surface area contributed by atoms with Gasteiger partial charge in [-0.15, -0.1) is 11.6 Å². The summed E-state index contributed by atoms with van der Waals surface area (Å²) in [6, 6.07) is 3.16. The zero-order chi connectivity index (χ0) is 15.4. The Morgan fingerprint density at radius 1 is 1.38 bits per heavy atom. The van der Waals surface area contributed by atoms with Gasteiger partial charge in [-0.2, -0.15) is 0 Å². The van der Waals surface area contributed by atoms with Crippen molar-refractivity contribution in [3.63, 3.8) is 0 Å². The van der Waals surface area contributed by atoms with Crippen LogP contribution >= 0.6 is 11.6 Å². The average molecular weight is 313 g/mol. The topological polar surface area (TPSA) is 27.1 Å². The standard InChI is InChI=1S/C16H22ClFN2O/c1-11(2)5-4-8-20-14-10-15(21-3)12(18)9-13(14)19-16(20)6-7-17/h9-11H,4-8H2,1-3H3. The summed E-state index contributed by atoms with van der Waals surface area (Å²) < 4.78 is 21.0. The van der Waals surface area contributed by atoms with Crippen molar-refractivity contribution < 1.29 is 9.13 Å². The molecular formula is C16H22ClFN2O. The quantitative estimate of drug-likeness (QED) is 0.708. The molecule has 0 saturated heterocycles. The summed E-state index contributed by atoms with van der Waals surface area (Å²) in [5.41, 5.74) is 1.58. The van der Waals surface area contributed by atoms with Crippen LogP contribution in [0, 0.1) is 11.7 Å². The fourth-order valence-corrected chi connectivity index (χ4v) is 2.68. The first-order valence-corrected chi connectivity index (χ1v) is 7.88. The van der Waals surface area contributed by atoms with Crippen LogP contribution in [0.3, 0.4) is 0 Å². The summed E-state index contributed by atoms with van der Waals surface area (Å²) in [6.45, 7) is 5.30. The van der Waals surface area contributed by atoms with Crippen molar-refractivity contribution in [3.8, 4) is 5.75 Å². The zero-order valence-electron chi connectivity index (χ0n) is 12.8. The monoisotopic (exact) mass is 312 g/mol. The Labute approximate surface area is 130 Å². The molecule has 0 unspecified atom stereocenters. The Morgan fingerprint density at radius 3 is 2.76 bits per heavy atom. The van der Waals surface area contributed by atoms with Crippen LogP contribution in [0.15, 0.2) is 12.1 Å². The largest absolute Gasteiger partial charge is 0.494 e. The minimum Gasteiger partial charge on any atom is -0.494 e. The molecule has 21 heavy (non-hydrogen) atoms. The second-order valence-electron chi connectivity index (χ2n) is 5.63. The lowest BCUT2D eigenvalue weighted by Crippen LogP contribution is -2.06. The molecule has 0 aliphatic rings. The molecule has 0 fully saturated rings. The second kappa shape index (κ2) is 7.12. The Kier molecular flexibility index (Phi) is 5.45. The molecule has 1 aromatic carbocycles. The van der Waals surface area contributed by atoms with Gasteiger partial charge in [0.2, 0.25) is 0 Å². The van der Waals surface area contributed by atoms with E-state index in [1.807, 2.05) is 0 Å². The normalized spacial score (nSPS) is 11.5. The van der Waals surface area contributed by atoms with E-state index in [0.29, 0.717) is 23.7 Å². The Bertz CT molecular complexity index is 610. The lowest BCUT2D eigenvalue weighted by atomic mass is 10.1. The summed E-state index contributed by atoms with van der Waals surface area (Å²) >= 11 is 5.86. The molecule has 0 aliphatic carbocycles. The molecule has 2 rings (SSSR count). The molecule has 3 nitrogen and oxygen atoms in total. The van der Waals surface area contributed by atoms with Gasteiger partial charge in [-0.05, 0) is 18.8 Å². The lowest BCUT2D eigenvalue weighted by molar-refractivity contribution is 0.387. The molecule has 0 N–H and O–H groups in total. The van der Waals surface area contributed by atoms with Crippen molar-refractivity contribution in [1.29, 1.82) is 0 Å². The molecule has 116 valence electrons. The number of ether oxygens (including phenoxy) is 1. The van der Waals surface area contributed by atoms with Gasteiger partial charge in [-0.1, -0.05) is 13.8 Å². The van der Waals surface area contributed by atoms with Crippen LogP contribution in [0.25, 0.3) is 11.0 Å². The highest BCUT2D eigenvalue weighted by atomic mass is 35.5. The highest BCUT2D eigenvalue weighted by molar-refractivity contribution is 6.17. The van der Waals surface area contributed by atoms with Crippen molar-refractivity contribution in [1.82, 2.24) is 9.55 Å². The van der Waals surface area contributed by atoms with Gasteiger partial charge in [0.15, 0.2) is 11.6 Å². The highest BCUT2D eigenvalue weighted by Gasteiger charge is 2.14. The summed E-state index contributed by atoms with van der Waals surface area (Å²) in [7, 11) is 1.48. The van der Waals surface area contributed by atoms with E-state index in [1.54, 1.807) is 6.07 Å². The fraction of sp³-hybridized carbons (Fsp3) is 0.562. The Hall–Kier alpha value is -1.29. The maximum Gasteiger partial charge on any atom is 0.167 e. The van der Waals surface area contributed by atoms with Crippen LogP contribution in [0.2, 0.25) is 0 Å². The number of halogens is 2. The molecule has 0 amide bonds. The number of fused-ring (bicyclic) bond motifs is 1. The minimum absolute atomic E-state index is 0.255. The number of imidazole rings is 1. The minimum atomic E-state index is -0.380. The van der Waals surface area contributed by atoms with Gasteiger partial charge in [-0.25, -0.2) is 9.37 Å². The van der Waals surface area contributed by atoms with Gasteiger partial charge in [0, 0.05) is 31.0 Å². The lowest BCUT2D eigenvalue weighted by Gasteiger charge is -2.10. The van der Waals surface area contributed by atoms with Crippen LogP contribution in [-0.4, -0.2) is 22.5 Å². The zero-order valence-corrected chi connectivity index (χ0v) is 13.6. The summed E-state index contributed by atoms with van der Waals surface area (Å²) in [5, 5.41) is 0. The number of hydrogen-bond donors (Lipinski definition) is 0. The summed E-state index contributed by atoms with van der Waals surface area (Å²) in [6.07, 6.45) is 2.90. The van der Waals surface area contributed by atoms with Crippen molar-refractivity contribution in [2.45, 2.75) is 39.7 Å². The van der Waals surface area contributed by atoms with Gasteiger partial charge in [0.05, 0.1) is 18.1 Å². The van der Waals surface area contributed by atoms with E-state index < -0.39 is 0 Å². The van der Waals surface area contributed by atoms with Gasteiger partial charge in [-0.3, -0.25) is 0 Å². The number of rotatable bonds is 7. The molecule has 0 bridgehead atoms. The first kappa shape index (κ1) is 16.1. The van der Waals surface area contributed by atoms with E-state index >= 15 is 0 Å². The van der Waals surface area contributed by atoms with Crippen LogP contribution in [0.4, 0.5) is 4.39 Å². The Morgan fingerprint density at radius 2 is 2.14 bits per heavy atom. The number of hydrogen-bond acceptors (Lipinski definition) is 2. The number of benzene rings is 1. The van der Waals surface area contributed by atoms with E-state index in [9.17, 15) is 4.39 Å². The maximum absolute atomic E-state index is 13.8. The molecule has 1 aromatic heterocycles. The average Bonchev–Trinajstić information content (AvgIpc) is 2.75. The van der Waals surface area contributed by atoms with E-state index in [1.165, 1.54) is 13.2 Å². The maximum atomic E-state index is 13.8. The van der Waals surface area contributed by atoms with Crippen molar-refractivity contribution >= 4 is 22.6 Å². The van der Waals surface area contributed by atoms with Crippen molar-refractivity contribution in [2.75, 3.05) is 13.0 Å². The van der Waals surface area contributed by atoms with Crippen LogP contribution in [-0.2, 0) is 13.0 Å². The summed E-state index contributed by atoms with van der Waals surface area (Å²) in [5.74, 6) is 1.96. The number of aromatic nitrogens is 2. The van der Waals surface area contributed by atoms with Crippen molar-refractivity contribution in [2.24, 2.45) is 5.92 Å². The molecule has 0 atom stereocenters. The third-order valence-corrected chi connectivity index (χ3v) is 3.77. The smallest absolute Gasteiger partial charge is 0.167 e. The predicted molar refractivity (Wildman–Crippen MR) is 84.7 cm³/mol. The molecule has 1 heterocycles. The number of methoxy groups -OCH3 is 1. The van der Waals surface area contributed by atoms with E-state index in [-0.39, 0.29) is 11.6 Å². The van der Waals surface area contributed by atoms with Gasteiger partial charge >= 0.3 is 0 Å². The predicted octanol–water partition coefficient (Wildman–Crippen LogP) is 4.40. The molecule has 0 radical (unpaired) electrons. The van der Waals surface area contributed by atoms with Crippen LogP contribution in [0.1, 0.15) is 32.5 Å². The number of aryl methyl sites for hydroxylation is 2. The SMILES string of the molecule is COc1cc2c(cc1F)nc(CCCl)n2CCCC(C)C. The first-order valence-electron chi connectivity index (χ1n) is 7.35. The van der Waals surface area contributed by atoms with Gasteiger partial charge < -0.3 is 9.30 Å².